The summed E-state index contributed by atoms with van der Waals surface area (Å²) in [6, 6.07) is 0.0827. The second kappa shape index (κ2) is 4.82. The Bertz CT molecular complexity index is 293. The fourth-order valence-electron chi connectivity index (χ4n) is 2.24. The van der Waals surface area contributed by atoms with Gasteiger partial charge in [0.25, 0.3) is 0 Å². The minimum atomic E-state index is 0.0827. The lowest BCUT2D eigenvalue weighted by Gasteiger charge is -2.15. The molecule has 0 saturated carbocycles. The first-order valence-corrected chi connectivity index (χ1v) is 5.96. The smallest absolute Gasteiger partial charge is 0.238 e. The molecule has 0 aromatic heterocycles. The molecule has 2 aliphatic rings. The molecule has 0 aromatic carbocycles. The van der Waals surface area contributed by atoms with Crippen molar-refractivity contribution in [2.75, 3.05) is 33.2 Å². The zero-order valence-electron chi connectivity index (χ0n) is 9.74. The summed E-state index contributed by atoms with van der Waals surface area (Å²) in [6.07, 6.45) is 2.69. The third-order valence-corrected chi connectivity index (χ3v) is 3.31. The zero-order valence-corrected chi connectivity index (χ0v) is 9.74. The van der Waals surface area contributed by atoms with Crippen molar-refractivity contribution in [3.63, 3.8) is 0 Å². The van der Waals surface area contributed by atoms with Crippen LogP contribution >= 0.6 is 0 Å². The van der Waals surface area contributed by atoms with Gasteiger partial charge in [0.1, 0.15) is 6.04 Å². The van der Waals surface area contributed by atoms with Gasteiger partial charge in [-0.1, -0.05) is 0 Å². The van der Waals surface area contributed by atoms with E-state index in [1.807, 2.05) is 4.90 Å². The largest absolute Gasteiger partial charge is 0.358 e. The second-order valence-electron chi connectivity index (χ2n) is 4.46. The molecule has 2 aliphatic heterocycles. The van der Waals surface area contributed by atoms with E-state index in [0.717, 1.165) is 39.0 Å². The van der Waals surface area contributed by atoms with E-state index >= 15 is 0 Å². The maximum Gasteiger partial charge on any atom is 0.238 e. The summed E-state index contributed by atoms with van der Waals surface area (Å²) >= 11 is 0. The zero-order chi connectivity index (χ0) is 11.5. The van der Waals surface area contributed by atoms with E-state index in [1.54, 1.807) is 7.05 Å². The van der Waals surface area contributed by atoms with Gasteiger partial charge in [0.2, 0.25) is 11.8 Å². The molecule has 2 saturated heterocycles. The molecule has 90 valence electrons. The van der Waals surface area contributed by atoms with Crippen LogP contribution in [0.2, 0.25) is 0 Å². The second-order valence-corrected chi connectivity index (χ2v) is 4.46. The van der Waals surface area contributed by atoms with Crippen LogP contribution in [0.25, 0.3) is 0 Å². The molecular weight excluding hydrogens is 206 g/mol. The first-order valence-electron chi connectivity index (χ1n) is 5.96. The van der Waals surface area contributed by atoms with Crippen LogP contribution in [-0.2, 0) is 9.59 Å². The average molecular weight is 225 g/mol. The van der Waals surface area contributed by atoms with Crippen LogP contribution in [0.4, 0.5) is 0 Å². The van der Waals surface area contributed by atoms with Gasteiger partial charge in [0, 0.05) is 39.6 Å². The lowest BCUT2D eigenvalue weighted by molar-refractivity contribution is -0.127. The van der Waals surface area contributed by atoms with Gasteiger partial charge in [-0.3, -0.25) is 14.5 Å². The van der Waals surface area contributed by atoms with Crippen LogP contribution in [0.5, 0.6) is 0 Å². The SMILES string of the molecule is CNC(=O)C1CN1CCCN1CCCC1=O. The van der Waals surface area contributed by atoms with Gasteiger partial charge in [-0.15, -0.1) is 0 Å². The first kappa shape index (κ1) is 11.4. The van der Waals surface area contributed by atoms with Gasteiger partial charge >= 0.3 is 0 Å². The van der Waals surface area contributed by atoms with Crippen molar-refractivity contribution in [1.82, 2.24) is 15.1 Å². The minimum absolute atomic E-state index is 0.0827. The Hall–Kier alpha value is -1.10. The van der Waals surface area contributed by atoms with Crippen molar-refractivity contribution in [2.45, 2.75) is 25.3 Å². The van der Waals surface area contributed by atoms with Gasteiger partial charge in [0.15, 0.2) is 0 Å². The van der Waals surface area contributed by atoms with Crippen molar-refractivity contribution in [1.29, 1.82) is 0 Å². The predicted molar refractivity (Wildman–Crippen MR) is 59.9 cm³/mol. The highest BCUT2D eigenvalue weighted by atomic mass is 16.2. The molecule has 0 aromatic rings. The monoisotopic (exact) mass is 225 g/mol. The van der Waals surface area contributed by atoms with Crippen molar-refractivity contribution >= 4 is 11.8 Å². The molecule has 0 aliphatic carbocycles. The van der Waals surface area contributed by atoms with Crippen LogP contribution < -0.4 is 5.32 Å². The predicted octanol–water partition coefficient (Wildman–Crippen LogP) is -0.571. The van der Waals surface area contributed by atoms with E-state index in [9.17, 15) is 9.59 Å². The molecule has 2 fully saturated rings. The number of nitrogens with zero attached hydrogens (tertiary/aromatic N) is 2. The standard InChI is InChI=1S/C11H19N3O2/c1-12-11(16)9-8-14(9)7-3-6-13-5-2-4-10(13)15/h9H,2-8H2,1H3,(H,12,16). The van der Waals surface area contributed by atoms with Gasteiger partial charge in [0.05, 0.1) is 0 Å². The Morgan fingerprint density at radius 1 is 1.50 bits per heavy atom. The maximum atomic E-state index is 11.3. The summed E-state index contributed by atoms with van der Waals surface area (Å²) in [5.74, 6) is 0.394. The minimum Gasteiger partial charge on any atom is -0.358 e. The molecule has 2 heterocycles. The van der Waals surface area contributed by atoms with Crippen molar-refractivity contribution in [3.05, 3.63) is 0 Å². The van der Waals surface area contributed by atoms with Gasteiger partial charge in [-0.2, -0.15) is 0 Å². The summed E-state index contributed by atoms with van der Waals surface area (Å²) in [5.41, 5.74) is 0. The third kappa shape index (κ3) is 2.52. The molecule has 2 amide bonds. The number of carbonyl (C=O) groups is 2. The quantitative estimate of drug-likeness (QED) is 0.637. The summed E-state index contributed by atoms with van der Waals surface area (Å²) in [4.78, 5) is 26.6. The molecule has 0 spiro atoms. The summed E-state index contributed by atoms with van der Waals surface area (Å²) in [5, 5.41) is 2.65. The number of rotatable bonds is 5. The fraction of sp³-hybridized carbons (Fsp3) is 0.818. The summed E-state index contributed by atoms with van der Waals surface area (Å²) in [7, 11) is 1.67. The molecule has 2 unspecified atom stereocenters. The molecule has 5 nitrogen and oxygen atoms in total. The molecule has 16 heavy (non-hydrogen) atoms. The number of amides is 2. The highest BCUT2D eigenvalue weighted by Gasteiger charge is 2.39. The topological polar surface area (TPSA) is 52.4 Å². The van der Waals surface area contributed by atoms with Crippen LogP contribution in [0.15, 0.2) is 0 Å². The van der Waals surface area contributed by atoms with Gasteiger partial charge < -0.3 is 10.2 Å². The Kier molecular flexibility index (Phi) is 3.43. The van der Waals surface area contributed by atoms with Crippen LogP contribution in [-0.4, -0.2) is 60.9 Å². The molecule has 5 heteroatoms. The van der Waals surface area contributed by atoms with Crippen LogP contribution in [0.3, 0.4) is 0 Å². The van der Waals surface area contributed by atoms with E-state index in [2.05, 4.69) is 10.2 Å². The molecule has 2 atom stereocenters. The van der Waals surface area contributed by atoms with Crippen molar-refractivity contribution in [2.24, 2.45) is 0 Å². The number of likely N-dealkylation sites (tertiary alicyclic amines) is 1. The number of likely N-dealkylation sites (N-methyl/N-ethyl adjacent to an activating group) is 1. The van der Waals surface area contributed by atoms with E-state index in [1.165, 1.54) is 0 Å². The van der Waals surface area contributed by atoms with E-state index in [0.29, 0.717) is 6.42 Å². The number of hydrogen-bond donors (Lipinski definition) is 1. The van der Waals surface area contributed by atoms with Crippen molar-refractivity contribution < 1.29 is 9.59 Å². The number of hydrogen-bond acceptors (Lipinski definition) is 3. The Labute approximate surface area is 95.8 Å². The average Bonchev–Trinajstić information content (AvgIpc) is 2.95. The molecule has 0 radical (unpaired) electrons. The highest BCUT2D eigenvalue weighted by molar-refractivity contribution is 5.84. The first-order chi connectivity index (χ1) is 7.72. The van der Waals surface area contributed by atoms with Crippen LogP contribution in [0.1, 0.15) is 19.3 Å². The number of carbonyl (C=O) groups excluding carboxylic acids is 2. The Morgan fingerprint density at radius 3 is 2.94 bits per heavy atom. The number of nitrogens with one attached hydrogen (secondary N) is 1. The van der Waals surface area contributed by atoms with Crippen LogP contribution in [0, 0.1) is 0 Å². The fourth-order valence-corrected chi connectivity index (χ4v) is 2.24. The third-order valence-electron chi connectivity index (χ3n) is 3.31. The maximum absolute atomic E-state index is 11.3. The van der Waals surface area contributed by atoms with Gasteiger partial charge in [-0.25, -0.2) is 0 Å². The lowest BCUT2D eigenvalue weighted by atomic mass is 10.4. The molecule has 1 N–H and O–H groups in total. The highest BCUT2D eigenvalue weighted by Crippen LogP contribution is 2.18. The van der Waals surface area contributed by atoms with E-state index < -0.39 is 0 Å². The normalized spacial score (nSPS) is 28.3. The van der Waals surface area contributed by atoms with E-state index in [-0.39, 0.29) is 17.9 Å². The Morgan fingerprint density at radius 2 is 2.31 bits per heavy atom. The molecule has 2 rings (SSSR count). The summed E-state index contributed by atoms with van der Waals surface area (Å²) in [6.45, 7) is 3.54. The van der Waals surface area contributed by atoms with Gasteiger partial charge in [-0.05, 0) is 12.8 Å². The summed E-state index contributed by atoms with van der Waals surface area (Å²) < 4.78 is 0. The molecule has 0 bridgehead atoms. The van der Waals surface area contributed by atoms with Crippen molar-refractivity contribution in [3.8, 4) is 0 Å². The molecular formula is C11H19N3O2. The lowest BCUT2D eigenvalue weighted by Crippen LogP contribution is -2.29. The Balaban J connectivity index is 1.59. The van der Waals surface area contributed by atoms with E-state index in [4.69, 9.17) is 0 Å².